The third-order valence-electron chi connectivity index (χ3n) is 5.18. The molecule has 0 atom stereocenters. The Balaban J connectivity index is 1.69. The second-order valence-electron chi connectivity index (χ2n) is 7.31. The fourth-order valence-electron chi connectivity index (χ4n) is 3.52. The molecule has 0 unspecified atom stereocenters. The number of allylic oxidation sites excluding steroid dienone is 1. The Morgan fingerprint density at radius 3 is 2.59 bits per heavy atom. The molecule has 0 aliphatic heterocycles. The van der Waals surface area contributed by atoms with Gasteiger partial charge in [0, 0.05) is 30.7 Å². The molecule has 4 rings (SSSR count). The summed E-state index contributed by atoms with van der Waals surface area (Å²) in [5.74, 6) is 0.0232. The highest BCUT2D eigenvalue weighted by atomic mass is 32.2. The van der Waals surface area contributed by atoms with Gasteiger partial charge in [-0.05, 0) is 31.0 Å². The van der Waals surface area contributed by atoms with Gasteiger partial charge in [-0.2, -0.15) is 9.97 Å². The number of aliphatic imine (C=N–C) groups is 1. The molecule has 0 radical (unpaired) electrons. The molecule has 12 heteroatoms. The maximum atomic E-state index is 13.3. The predicted molar refractivity (Wildman–Crippen MR) is 119 cm³/mol. The van der Waals surface area contributed by atoms with E-state index in [9.17, 15) is 18.5 Å². The smallest absolute Gasteiger partial charge is 0.269 e. The van der Waals surface area contributed by atoms with Crippen LogP contribution in [0.25, 0.3) is 11.0 Å². The number of nitrogens with two attached hydrogens (primary N) is 1. The van der Waals surface area contributed by atoms with E-state index in [4.69, 9.17) is 5.73 Å². The Hall–Kier alpha value is -3.80. The van der Waals surface area contributed by atoms with Crippen LogP contribution in [0.5, 0.6) is 0 Å². The Morgan fingerprint density at radius 2 is 1.94 bits per heavy atom. The largest absolute Gasteiger partial charge is 0.403 e. The summed E-state index contributed by atoms with van der Waals surface area (Å²) in [6, 6.07) is 6.43. The van der Waals surface area contributed by atoms with Crippen molar-refractivity contribution in [3.63, 3.8) is 0 Å². The molecule has 0 amide bonds. The first kappa shape index (κ1) is 21.4. The van der Waals surface area contributed by atoms with Crippen molar-refractivity contribution in [2.24, 2.45) is 10.7 Å². The van der Waals surface area contributed by atoms with Crippen LogP contribution < -0.4 is 11.1 Å². The number of sulfone groups is 1. The van der Waals surface area contributed by atoms with Gasteiger partial charge < -0.3 is 16.0 Å². The number of rotatable bonds is 7. The van der Waals surface area contributed by atoms with Gasteiger partial charge in [-0.3, -0.25) is 15.1 Å². The molecule has 11 nitrogen and oxygen atoms in total. The maximum absolute atomic E-state index is 13.3. The number of non-ortho nitro benzene ring substituents is 1. The Bertz CT molecular complexity index is 1310. The van der Waals surface area contributed by atoms with E-state index in [1.54, 1.807) is 18.5 Å². The highest BCUT2D eigenvalue weighted by Gasteiger charge is 2.25. The minimum Gasteiger partial charge on any atom is -0.403 e. The lowest BCUT2D eigenvalue weighted by atomic mass is 10.3. The van der Waals surface area contributed by atoms with Gasteiger partial charge in [0.2, 0.25) is 15.8 Å². The Kier molecular flexibility index (Phi) is 5.86. The number of aromatic nitrogens is 3. The van der Waals surface area contributed by atoms with Crippen LogP contribution in [0.4, 0.5) is 11.6 Å². The molecule has 1 aliphatic rings. The predicted octanol–water partition coefficient (Wildman–Crippen LogP) is 2.92. The third-order valence-corrected chi connectivity index (χ3v) is 6.89. The SMILES string of the molecule is NC=C(C=NC1CCCC1)Nc1nc(S(=O)(=O)c2ccc([N+](=O)[O-])cc2)c2cc[nH]c2n1. The molecule has 2 heterocycles. The van der Waals surface area contributed by atoms with Crippen LogP contribution in [0.3, 0.4) is 0 Å². The van der Waals surface area contributed by atoms with E-state index in [1.807, 2.05) is 0 Å². The van der Waals surface area contributed by atoms with Crippen LogP contribution in [-0.2, 0) is 9.84 Å². The van der Waals surface area contributed by atoms with E-state index in [0.29, 0.717) is 16.7 Å². The maximum Gasteiger partial charge on any atom is 0.269 e. The average molecular weight is 456 g/mol. The second kappa shape index (κ2) is 8.75. The molecule has 1 aromatic carbocycles. The van der Waals surface area contributed by atoms with E-state index in [2.05, 4.69) is 25.3 Å². The molecule has 1 aliphatic carbocycles. The number of benzene rings is 1. The lowest BCUT2D eigenvalue weighted by Crippen LogP contribution is -2.12. The van der Waals surface area contributed by atoms with Crippen LogP contribution in [0.15, 0.2) is 63.3 Å². The molecule has 0 bridgehead atoms. The van der Waals surface area contributed by atoms with Gasteiger partial charge in [0.1, 0.15) is 5.65 Å². The number of aromatic amines is 1. The zero-order chi connectivity index (χ0) is 22.7. The first-order chi connectivity index (χ1) is 15.4. The molecule has 0 spiro atoms. The minimum atomic E-state index is -4.09. The van der Waals surface area contributed by atoms with Crippen molar-refractivity contribution in [3.05, 3.63) is 58.5 Å². The van der Waals surface area contributed by atoms with Crippen molar-refractivity contribution in [2.75, 3.05) is 5.32 Å². The van der Waals surface area contributed by atoms with Crippen molar-refractivity contribution in [3.8, 4) is 0 Å². The number of H-pyrrole nitrogens is 1. The molecular formula is C20H21N7O4S. The van der Waals surface area contributed by atoms with Crippen molar-refractivity contribution in [1.82, 2.24) is 15.0 Å². The van der Waals surface area contributed by atoms with Crippen molar-refractivity contribution < 1.29 is 13.3 Å². The highest BCUT2D eigenvalue weighted by molar-refractivity contribution is 7.91. The van der Waals surface area contributed by atoms with Gasteiger partial charge in [-0.1, -0.05) is 12.8 Å². The molecule has 0 saturated heterocycles. The van der Waals surface area contributed by atoms with Crippen molar-refractivity contribution >= 4 is 38.7 Å². The van der Waals surface area contributed by atoms with Crippen molar-refractivity contribution in [1.29, 1.82) is 0 Å². The fraction of sp³-hybridized carbons (Fsp3) is 0.250. The van der Waals surface area contributed by atoms with Gasteiger partial charge >= 0.3 is 0 Å². The molecule has 166 valence electrons. The molecule has 1 fully saturated rings. The fourth-order valence-corrected chi connectivity index (χ4v) is 4.90. The van der Waals surface area contributed by atoms with E-state index in [-0.39, 0.29) is 27.6 Å². The summed E-state index contributed by atoms with van der Waals surface area (Å²) in [6.45, 7) is 0. The van der Waals surface area contributed by atoms with Crippen LogP contribution >= 0.6 is 0 Å². The number of nitro groups is 1. The molecule has 3 aromatic rings. The zero-order valence-electron chi connectivity index (χ0n) is 16.9. The minimum absolute atomic E-state index is 0.0232. The number of fused-ring (bicyclic) bond motifs is 1. The summed E-state index contributed by atoms with van der Waals surface area (Å²) in [4.78, 5) is 26.1. The second-order valence-corrected chi connectivity index (χ2v) is 9.18. The number of hydrogen-bond acceptors (Lipinski definition) is 9. The first-order valence-electron chi connectivity index (χ1n) is 9.95. The topological polar surface area (TPSA) is 169 Å². The quantitative estimate of drug-likeness (QED) is 0.211. The summed E-state index contributed by atoms with van der Waals surface area (Å²) < 4.78 is 26.5. The lowest BCUT2D eigenvalue weighted by molar-refractivity contribution is -0.384. The number of nitrogens with one attached hydrogen (secondary N) is 2. The highest BCUT2D eigenvalue weighted by Crippen LogP contribution is 2.28. The molecule has 32 heavy (non-hydrogen) atoms. The molecular weight excluding hydrogens is 434 g/mol. The third kappa shape index (κ3) is 4.30. The molecule has 2 aromatic heterocycles. The zero-order valence-corrected chi connectivity index (χ0v) is 17.7. The van der Waals surface area contributed by atoms with E-state index in [0.717, 1.165) is 37.8 Å². The van der Waals surface area contributed by atoms with E-state index >= 15 is 0 Å². The van der Waals surface area contributed by atoms with Crippen molar-refractivity contribution in [2.45, 2.75) is 41.6 Å². The van der Waals surface area contributed by atoms with Crippen LogP contribution in [0, 0.1) is 10.1 Å². The number of nitrogens with zero attached hydrogens (tertiary/aromatic N) is 4. The number of anilines is 1. The summed E-state index contributed by atoms with van der Waals surface area (Å²) in [5.41, 5.74) is 6.23. The van der Waals surface area contributed by atoms with E-state index < -0.39 is 14.8 Å². The Labute approximate surface area is 183 Å². The van der Waals surface area contributed by atoms with Gasteiger partial charge in [0.05, 0.1) is 26.9 Å². The normalized spacial score (nSPS) is 15.6. The average Bonchev–Trinajstić information content (AvgIpc) is 3.48. The molecule has 4 N–H and O–H groups in total. The standard InChI is InChI=1S/C20H21N7O4S/c21-11-14(12-23-13-3-1-2-4-13)24-20-25-18-17(9-10-22-18)19(26-20)32(30,31)16-7-5-15(6-8-16)27(28)29/h5-13H,1-4,21H2,(H2,22,24,25,26). The van der Waals surface area contributed by atoms with Crippen LogP contribution in [0.1, 0.15) is 25.7 Å². The van der Waals surface area contributed by atoms with Crippen LogP contribution in [-0.4, -0.2) is 40.5 Å². The van der Waals surface area contributed by atoms with Gasteiger partial charge in [-0.25, -0.2) is 8.42 Å². The first-order valence-corrected chi connectivity index (χ1v) is 11.4. The Morgan fingerprint density at radius 1 is 1.22 bits per heavy atom. The monoisotopic (exact) mass is 455 g/mol. The summed E-state index contributed by atoms with van der Waals surface area (Å²) in [5, 5.41) is 13.9. The summed E-state index contributed by atoms with van der Waals surface area (Å²) in [6.07, 6.45) is 8.81. The van der Waals surface area contributed by atoms with Crippen LogP contribution in [0.2, 0.25) is 0 Å². The number of nitro benzene ring substituents is 1. The van der Waals surface area contributed by atoms with Gasteiger partial charge in [0.25, 0.3) is 5.69 Å². The summed E-state index contributed by atoms with van der Waals surface area (Å²) in [7, 11) is -4.09. The molecule has 1 saturated carbocycles. The number of hydrogen-bond donors (Lipinski definition) is 3. The van der Waals surface area contributed by atoms with Gasteiger partial charge in [-0.15, -0.1) is 0 Å². The van der Waals surface area contributed by atoms with Gasteiger partial charge in [0.15, 0.2) is 5.03 Å². The lowest BCUT2D eigenvalue weighted by Gasteiger charge is -2.10. The van der Waals surface area contributed by atoms with E-state index in [1.165, 1.54) is 18.3 Å². The summed E-state index contributed by atoms with van der Waals surface area (Å²) >= 11 is 0.